The molecule has 17 heavy (non-hydrogen) atoms. The quantitative estimate of drug-likeness (QED) is 0.864. The largest absolute Gasteiger partial charge is 0.370 e. The third-order valence-corrected chi connectivity index (χ3v) is 4.44. The molecule has 1 fully saturated rings. The summed E-state index contributed by atoms with van der Waals surface area (Å²) in [4.78, 5) is 0. The fourth-order valence-corrected chi connectivity index (χ4v) is 2.93. The first-order valence-corrected chi connectivity index (χ1v) is 7.05. The highest BCUT2D eigenvalue weighted by atomic mass is 15.4. The van der Waals surface area contributed by atoms with Crippen molar-refractivity contribution in [2.45, 2.75) is 58.4 Å². The van der Waals surface area contributed by atoms with E-state index in [1.807, 2.05) is 0 Å². The monoisotopic (exact) mass is 233 g/mol. The van der Waals surface area contributed by atoms with Crippen molar-refractivity contribution in [1.29, 1.82) is 0 Å². The van der Waals surface area contributed by atoms with Crippen LogP contribution in [0, 0.1) is 5.41 Å². The lowest BCUT2D eigenvalue weighted by Gasteiger charge is -2.30. The van der Waals surface area contributed by atoms with Crippen LogP contribution in [0.25, 0.3) is 0 Å². The van der Waals surface area contributed by atoms with Crippen LogP contribution in [0.15, 0.2) is 6.07 Å². The van der Waals surface area contributed by atoms with E-state index in [0.717, 1.165) is 13.0 Å². The Kier molecular flexibility index (Phi) is 2.64. The summed E-state index contributed by atoms with van der Waals surface area (Å²) >= 11 is 0. The SMILES string of the molecule is CCCCc1cc2n(n1)C(C1(C)CC1)CCN2. The van der Waals surface area contributed by atoms with Gasteiger partial charge in [-0.05, 0) is 37.5 Å². The van der Waals surface area contributed by atoms with E-state index in [4.69, 9.17) is 5.10 Å². The number of anilines is 1. The van der Waals surface area contributed by atoms with Gasteiger partial charge in [-0.25, -0.2) is 4.68 Å². The molecule has 94 valence electrons. The van der Waals surface area contributed by atoms with Crippen LogP contribution in [-0.4, -0.2) is 16.3 Å². The number of aryl methyl sites for hydroxylation is 1. The Morgan fingerprint density at radius 1 is 1.53 bits per heavy atom. The van der Waals surface area contributed by atoms with Gasteiger partial charge in [-0.1, -0.05) is 20.3 Å². The molecule has 0 aromatic carbocycles. The van der Waals surface area contributed by atoms with Crippen molar-refractivity contribution in [2.75, 3.05) is 11.9 Å². The summed E-state index contributed by atoms with van der Waals surface area (Å²) in [6.45, 7) is 5.77. The maximum Gasteiger partial charge on any atom is 0.124 e. The van der Waals surface area contributed by atoms with Crippen molar-refractivity contribution in [1.82, 2.24) is 9.78 Å². The smallest absolute Gasteiger partial charge is 0.124 e. The zero-order valence-electron chi connectivity index (χ0n) is 11.0. The van der Waals surface area contributed by atoms with E-state index in [1.54, 1.807) is 0 Å². The summed E-state index contributed by atoms with van der Waals surface area (Å²) < 4.78 is 2.28. The van der Waals surface area contributed by atoms with Gasteiger partial charge < -0.3 is 5.32 Å². The highest BCUT2D eigenvalue weighted by molar-refractivity contribution is 5.40. The number of aromatic nitrogens is 2. The molecule has 1 aromatic rings. The van der Waals surface area contributed by atoms with Gasteiger partial charge in [0.1, 0.15) is 5.82 Å². The van der Waals surface area contributed by atoms with Crippen LogP contribution in [0.3, 0.4) is 0 Å². The molecule has 1 unspecified atom stereocenters. The fourth-order valence-electron chi connectivity index (χ4n) is 2.93. The first-order chi connectivity index (χ1) is 8.23. The normalized spacial score (nSPS) is 25.2. The van der Waals surface area contributed by atoms with Crippen LogP contribution in [0.1, 0.15) is 57.7 Å². The van der Waals surface area contributed by atoms with E-state index in [0.29, 0.717) is 11.5 Å². The van der Waals surface area contributed by atoms with E-state index in [9.17, 15) is 0 Å². The molecule has 2 heterocycles. The van der Waals surface area contributed by atoms with Crippen molar-refractivity contribution >= 4 is 5.82 Å². The summed E-state index contributed by atoms with van der Waals surface area (Å²) in [5.74, 6) is 1.25. The summed E-state index contributed by atoms with van der Waals surface area (Å²) in [6.07, 6.45) is 7.61. The van der Waals surface area contributed by atoms with Crippen LogP contribution >= 0.6 is 0 Å². The molecule has 1 atom stereocenters. The Morgan fingerprint density at radius 2 is 2.35 bits per heavy atom. The minimum absolute atomic E-state index is 0.533. The maximum atomic E-state index is 4.83. The van der Waals surface area contributed by atoms with Crippen molar-refractivity contribution in [3.8, 4) is 0 Å². The number of nitrogens with one attached hydrogen (secondary N) is 1. The second-order valence-electron chi connectivity index (χ2n) is 5.95. The van der Waals surface area contributed by atoms with E-state index in [1.165, 1.54) is 43.6 Å². The predicted molar refractivity (Wildman–Crippen MR) is 70.3 cm³/mol. The lowest BCUT2D eigenvalue weighted by molar-refractivity contribution is 0.283. The minimum Gasteiger partial charge on any atom is -0.370 e. The third kappa shape index (κ3) is 1.96. The van der Waals surface area contributed by atoms with Gasteiger partial charge >= 0.3 is 0 Å². The van der Waals surface area contributed by atoms with Gasteiger partial charge in [0.25, 0.3) is 0 Å². The lowest BCUT2D eigenvalue weighted by atomic mass is 9.95. The molecule has 2 aliphatic rings. The van der Waals surface area contributed by atoms with Gasteiger partial charge in [0.2, 0.25) is 0 Å². The fraction of sp³-hybridized carbons (Fsp3) is 0.786. The van der Waals surface area contributed by atoms with Crippen LogP contribution in [0.5, 0.6) is 0 Å². The molecule has 1 N–H and O–H groups in total. The van der Waals surface area contributed by atoms with Crippen LogP contribution in [0.2, 0.25) is 0 Å². The van der Waals surface area contributed by atoms with E-state index >= 15 is 0 Å². The molecule has 3 rings (SSSR count). The van der Waals surface area contributed by atoms with E-state index in [-0.39, 0.29) is 0 Å². The van der Waals surface area contributed by atoms with E-state index in [2.05, 4.69) is 29.9 Å². The Balaban J connectivity index is 1.84. The molecule has 0 bridgehead atoms. The molecule has 3 nitrogen and oxygen atoms in total. The molecular formula is C14H23N3. The van der Waals surface area contributed by atoms with Crippen molar-refractivity contribution in [2.24, 2.45) is 5.41 Å². The van der Waals surface area contributed by atoms with Crippen LogP contribution in [0.4, 0.5) is 5.82 Å². The molecule has 1 aliphatic heterocycles. The molecule has 0 saturated heterocycles. The van der Waals surface area contributed by atoms with Crippen molar-refractivity contribution in [3.63, 3.8) is 0 Å². The Hall–Kier alpha value is -0.990. The van der Waals surface area contributed by atoms with Gasteiger partial charge in [0.05, 0.1) is 11.7 Å². The molecule has 1 saturated carbocycles. The summed E-state index contributed by atoms with van der Waals surface area (Å²) in [5.41, 5.74) is 1.80. The first-order valence-electron chi connectivity index (χ1n) is 7.05. The molecule has 0 spiro atoms. The standard InChI is InChI=1S/C14H23N3/c1-3-4-5-11-10-13-15-9-6-12(17(13)16-11)14(2)7-8-14/h10,12,15H,3-9H2,1-2H3. The topological polar surface area (TPSA) is 29.9 Å². The lowest BCUT2D eigenvalue weighted by Crippen LogP contribution is -2.28. The molecular weight excluding hydrogens is 210 g/mol. The summed E-state index contributed by atoms with van der Waals surface area (Å²) in [7, 11) is 0. The van der Waals surface area contributed by atoms with Crippen LogP contribution < -0.4 is 5.32 Å². The second-order valence-corrected chi connectivity index (χ2v) is 5.95. The summed E-state index contributed by atoms with van der Waals surface area (Å²) in [6, 6.07) is 2.89. The second kappa shape index (κ2) is 4.04. The highest BCUT2D eigenvalue weighted by Gasteiger charge is 2.47. The van der Waals surface area contributed by atoms with Gasteiger partial charge in [0, 0.05) is 12.6 Å². The number of rotatable bonds is 4. The first kappa shape index (κ1) is 11.1. The predicted octanol–water partition coefficient (Wildman–Crippen LogP) is 3.38. The average Bonchev–Trinajstić information content (AvgIpc) is 2.94. The maximum absolute atomic E-state index is 4.83. The number of hydrogen-bond donors (Lipinski definition) is 1. The van der Waals surface area contributed by atoms with Gasteiger partial charge in [-0.3, -0.25) is 0 Å². The average molecular weight is 233 g/mol. The number of nitrogens with zero attached hydrogens (tertiary/aromatic N) is 2. The van der Waals surface area contributed by atoms with Gasteiger partial charge in [-0.2, -0.15) is 5.10 Å². The summed E-state index contributed by atoms with van der Waals surface area (Å²) in [5, 5.41) is 8.32. The molecule has 1 aromatic heterocycles. The highest BCUT2D eigenvalue weighted by Crippen LogP contribution is 2.56. The zero-order chi connectivity index (χ0) is 11.9. The van der Waals surface area contributed by atoms with E-state index < -0.39 is 0 Å². The van der Waals surface area contributed by atoms with Crippen molar-refractivity contribution < 1.29 is 0 Å². The molecule has 1 aliphatic carbocycles. The van der Waals surface area contributed by atoms with Crippen LogP contribution in [-0.2, 0) is 6.42 Å². The number of fused-ring (bicyclic) bond motifs is 1. The minimum atomic E-state index is 0.533. The van der Waals surface area contributed by atoms with Gasteiger partial charge in [-0.15, -0.1) is 0 Å². The Bertz CT molecular complexity index is 404. The van der Waals surface area contributed by atoms with Crippen molar-refractivity contribution in [3.05, 3.63) is 11.8 Å². The molecule has 3 heteroatoms. The Labute approximate surface area is 104 Å². The molecule has 0 amide bonds. The molecule has 0 radical (unpaired) electrons. The zero-order valence-corrected chi connectivity index (χ0v) is 11.0. The number of hydrogen-bond acceptors (Lipinski definition) is 2. The Morgan fingerprint density at radius 3 is 3.06 bits per heavy atom. The third-order valence-electron chi connectivity index (χ3n) is 4.44. The van der Waals surface area contributed by atoms with Gasteiger partial charge in [0.15, 0.2) is 0 Å². The number of unbranched alkanes of at least 4 members (excludes halogenated alkanes) is 1.